The molecule has 0 rings (SSSR count). The molecule has 0 saturated heterocycles. The first kappa shape index (κ1) is 13.9. The summed E-state index contributed by atoms with van der Waals surface area (Å²) >= 11 is 0. The lowest BCUT2D eigenvalue weighted by Crippen LogP contribution is -2.27. The summed E-state index contributed by atoms with van der Waals surface area (Å²) in [6.07, 6.45) is 2.04. The summed E-state index contributed by atoms with van der Waals surface area (Å²) < 4.78 is 10.5. The van der Waals surface area contributed by atoms with E-state index in [0.29, 0.717) is 5.41 Å². The van der Waals surface area contributed by atoms with Crippen LogP contribution in [0, 0.1) is 10.8 Å². The van der Waals surface area contributed by atoms with Crippen molar-refractivity contribution >= 4 is 0 Å². The van der Waals surface area contributed by atoms with E-state index in [-0.39, 0.29) is 11.7 Å². The summed E-state index contributed by atoms with van der Waals surface area (Å²) in [7, 11) is 3.39. The van der Waals surface area contributed by atoms with Gasteiger partial charge in [-0.05, 0) is 17.3 Å². The van der Waals surface area contributed by atoms with E-state index in [2.05, 4.69) is 34.6 Å². The van der Waals surface area contributed by atoms with Crippen LogP contribution in [0.3, 0.4) is 0 Å². The zero-order chi connectivity index (χ0) is 11.4. The monoisotopic (exact) mass is 202 g/mol. The molecule has 0 heterocycles. The Morgan fingerprint density at radius 2 is 1.36 bits per heavy atom. The molecule has 0 unspecified atom stereocenters. The molecule has 0 aromatic carbocycles. The molecule has 0 aromatic heterocycles. The highest BCUT2D eigenvalue weighted by molar-refractivity contribution is 4.77. The molecule has 0 radical (unpaired) electrons. The van der Waals surface area contributed by atoms with Crippen LogP contribution < -0.4 is 0 Å². The van der Waals surface area contributed by atoms with Gasteiger partial charge in [-0.1, -0.05) is 34.6 Å². The zero-order valence-corrected chi connectivity index (χ0v) is 10.8. The molecule has 0 fully saturated rings. The fourth-order valence-corrected chi connectivity index (χ4v) is 2.22. The van der Waals surface area contributed by atoms with Gasteiger partial charge in [-0.3, -0.25) is 0 Å². The first-order valence-corrected chi connectivity index (χ1v) is 5.26. The summed E-state index contributed by atoms with van der Waals surface area (Å²) in [4.78, 5) is 0. The second-order valence-electron chi connectivity index (χ2n) is 6.01. The van der Waals surface area contributed by atoms with E-state index in [1.165, 1.54) is 6.42 Å². The van der Waals surface area contributed by atoms with Gasteiger partial charge in [0.05, 0.1) is 0 Å². The number of hydrogen-bond donors (Lipinski definition) is 0. The van der Waals surface area contributed by atoms with Crippen molar-refractivity contribution < 1.29 is 9.47 Å². The molecule has 0 N–H and O–H groups in total. The Balaban J connectivity index is 4.18. The van der Waals surface area contributed by atoms with Crippen molar-refractivity contribution in [3.8, 4) is 0 Å². The second kappa shape index (κ2) is 5.13. The molecule has 0 aromatic rings. The molecule has 2 nitrogen and oxygen atoms in total. The van der Waals surface area contributed by atoms with Crippen LogP contribution in [-0.4, -0.2) is 20.5 Å². The predicted octanol–water partition coefficient (Wildman–Crippen LogP) is 3.46. The Bertz CT molecular complexity index is 152. The Kier molecular flexibility index (Phi) is 5.10. The third-order valence-electron chi connectivity index (χ3n) is 2.25. The number of methoxy groups -OCH3 is 2. The first-order valence-electron chi connectivity index (χ1n) is 5.26. The summed E-state index contributed by atoms with van der Waals surface area (Å²) in [6.45, 7) is 11.3. The average Bonchev–Trinajstić information content (AvgIpc) is 1.95. The Labute approximate surface area is 89.0 Å². The molecule has 0 amide bonds. The van der Waals surface area contributed by atoms with Crippen LogP contribution in [0.15, 0.2) is 0 Å². The molecule has 0 bridgehead atoms. The second-order valence-corrected chi connectivity index (χ2v) is 6.01. The molecule has 86 valence electrons. The zero-order valence-electron chi connectivity index (χ0n) is 10.8. The van der Waals surface area contributed by atoms with E-state index in [0.717, 1.165) is 6.42 Å². The molecular weight excluding hydrogens is 176 g/mol. The normalized spacial score (nSPS) is 13.7. The number of rotatable bonds is 5. The summed E-state index contributed by atoms with van der Waals surface area (Å²) in [5.41, 5.74) is 0.616. The van der Waals surface area contributed by atoms with E-state index in [4.69, 9.17) is 9.47 Å². The van der Waals surface area contributed by atoms with Crippen LogP contribution in [0.4, 0.5) is 0 Å². The largest absolute Gasteiger partial charge is 0.356 e. The highest BCUT2D eigenvalue weighted by Crippen LogP contribution is 2.36. The molecule has 0 spiro atoms. The van der Waals surface area contributed by atoms with Crippen molar-refractivity contribution in [2.75, 3.05) is 14.2 Å². The standard InChI is InChI=1S/C12H26O2/c1-11(2,3)9-12(4,5)8-10(13-6)14-7/h10H,8-9H2,1-7H3. The maximum absolute atomic E-state index is 5.23. The smallest absolute Gasteiger partial charge is 0.157 e. The predicted molar refractivity (Wildman–Crippen MR) is 60.3 cm³/mol. The minimum atomic E-state index is -0.0765. The Morgan fingerprint density at radius 3 is 1.64 bits per heavy atom. The van der Waals surface area contributed by atoms with Gasteiger partial charge in [0, 0.05) is 20.6 Å². The van der Waals surface area contributed by atoms with E-state index in [1.807, 2.05) is 0 Å². The molecule has 14 heavy (non-hydrogen) atoms. The quantitative estimate of drug-likeness (QED) is 0.636. The van der Waals surface area contributed by atoms with Gasteiger partial charge < -0.3 is 9.47 Å². The van der Waals surface area contributed by atoms with Crippen LogP contribution in [-0.2, 0) is 9.47 Å². The molecule has 0 aliphatic rings. The number of hydrogen-bond acceptors (Lipinski definition) is 2. The van der Waals surface area contributed by atoms with Crippen molar-refractivity contribution in [1.29, 1.82) is 0 Å². The average molecular weight is 202 g/mol. The molecular formula is C12H26O2. The summed E-state index contributed by atoms with van der Waals surface area (Å²) in [5, 5.41) is 0. The summed E-state index contributed by atoms with van der Waals surface area (Å²) in [6, 6.07) is 0. The Hall–Kier alpha value is -0.0800. The van der Waals surface area contributed by atoms with Crippen molar-refractivity contribution in [2.45, 2.75) is 53.8 Å². The van der Waals surface area contributed by atoms with Gasteiger partial charge in [-0.25, -0.2) is 0 Å². The molecule has 0 aliphatic carbocycles. The van der Waals surface area contributed by atoms with Gasteiger partial charge in [0.25, 0.3) is 0 Å². The third-order valence-corrected chi connectivity index (χ3v) is 2.25. The highest BCUT2D eigenvalue weighted by Gasteiger charge is 2.28. The molecule has 0 atom stereocenters. The van der Waals surface area contributed by atoms with Gasteiger partial charge in [-0.15, -0.1) is 0 Å². The molecule has 2 heteroatoms. The minimum Gasteiger partial charge on any atom is -0.356 e. The van der Waals surface area contributed by atoms with Crippen molar-refractivity contribution in [2.24, 2.45) is 10.8 Å². The maximum atomic E-state index is 5.23. The minimum absolute atomic E-state index is 0.0765. The highest BCUT2D eigenvalue weighted by atomic mass is 16.7. The third kappa shape index (κ3) is 6.39. The lowest BCUT2D eigenvalue weighted by atomic mass is 9.74. The van der Waals surface area contributed by atoms with E-state index in [9.17, 15) is 0 Å². The SMILES string of the molecule is COC(CC(C)(C)CC(C)(C)C)OC. The maximum Gasteiger partial charge on any atom is 0.157 e. The van der Waals surface area contributed by atoms with Gasteiger partial charge in [0.15, 0.2) is 6.29 Å². The van der Waals surface area contributed by atoms with Crippen LogP contribution in [0.5, 0.6) is 0 Å². The first-order chi connectivity index (χ1) is 6.20. The van der Waals surface area contributed by atoms with Crippen LogP contribution in [0.25, 0.3) is 0 Å². The number of ether oxygens (including phenoxy) is 2. The van der Waals surface area contributed by atoms with Crippen LogP contribution in [0.2, 0.25) is 0 Å². The van der Waals surface area contributed by atoms with Gasteiger partial charge >= 0.3 is 0 Å². The van der Waals surface area contributed by atoms with Crippen molar-refractivity contribution in [3.05, 3.63) is 0 Å². The fraction of sp³-hybridized carbons (Fsp3) is 1.00. The Morgan fingerprint density at radius 1 is 0.929 bits per heavy atom. The van der Waals surface area contributed by atoms with Gasteiger partial charge in [-0.2, -0.15) is 0 Å². The van der Waals surface area contributed by atoms with Crippen molar-refractivity contribution in [1.82, 2.24) is 0 Å². The molecule has 0 saturated carbocycles. The lowest BCUT2D eigenvalue weighted by molar-refractivity contribution is -0.125. The summed E-state index contributed by atoms with van der Waals surface area (Å²) in [5.74, 6) is 0. The van der Waals surface area contributed by atoms with Gasteiger partial charge in [0.1, 0.15) is 0 Å². The fourth-order valence-electron chi connectivity index (χ4n) is 2.22. The van der Waals surface area contributed by atoms with E-state index >= 15 is 0 Å². The van der Waals surface area contributed by atoms with Crippen LogP contribution in [0.1, 0.15) is 47.5 Å². The molecule has 0 aliphatic heterocycles. The van der Waals surface area contributed by atoms with E-state index < -0.39 is 0 Å². The van der Waals surface area contributed by atoms with E-state index in [1.54, 1.807) is 14.2 Å². The van der Waals surface area contributed by atoms with Crippen LogP contribution >= 0.6 is 0 Å². The lowest BCUT2D eigenvalue weighted by Gasteiger charge is -2.34. The topological polar surface area (TPSA) is 18.5 Å². The van der Waals surface area contributed by atoms with Crippen molar-refractivity contribution in [3.63, 3.8) is 0 Å². The van der Waals surface area contributed by atoms with Gasteiger partial charge in [0.2, 0.25) is 0 Å².